The third-order valence-corrected chi connectivity index (χ3v) is 4.41. The van der Waals surface area contributed by atoms with Crippen LogP contribution in [0.1, 0.15) is 30.6 Å². The average Bonchev–Trinajstić information content (AvgIpc) is 2.45. The first-order valence-electron chi connectivity index (χ1n) is 6.56. The highest BCUT2D eigenvalue weighted by molar-refractivity contribution is 7.89. The predicted molar refractivity (Wildman–Crippen MR) is 82.2 cm³/mol. The van der Waals surface area contributed by atoms with Crippen LogP contribution in [0.15, 0.2) is 35.7 Å². The number of sulfonamides is 1. The van der Waals surface area contributed by atoms with Crippen molar-refractivity contribution in [1.82, 2.24) is 4.72 Å². The number of hydrogen-bond acceptors (Lipinski definition) is 4. The molecule has 0 bridgehead atoms. The molecule has 0 unspecified atom stereocenters. The van der Waals surface area contributed by atoms with E-state index < -0.39 is 16.0 Å². The molecule has 0 heterocycles. The van der Waals surface area contributed by atoms with Gasteiger partial charge in [0.2, 0.25) is 10.0 Å². The summed E-state index contributed by atoms with van der Waals surface area (Å²) in [4.78, 5) is 11.0. The van der Waals surface area contributed by atoms with Crippen LogP contribution in [0.4, 0.5) is 5.69 Å². The molecule has 1 aromatic carbocycles. The average molecular weight is 312 g/mol. The molecule has 7 heteroatoms. The summed E-state index contributed by atoms with van der Waals surface area (Å²) in [6, 6.07) is 4.06. The lowest BCUT2D eigenvalue weighted by molar-refractivity contribution is 0.0696. The fraction of sp³-hybridized carbons (Fsp3) is 0.357. The Kier molecular flexibility index (Phi) is 5.92. The van der Waals surface area contributed by atoms with Gasteiger partial charge in [-0.1, -0.05) is 13.0 Å². The molecule has 21 heavy (non-hydrogen) atoms. The van der Waals surface area contributed by atoms with Gasteiger partial charge in [0, 0.05) is 12.6 Å². The molecular weight excluding hydrogens is 292 g/mol. The van der Waals surface area contributed by atoms with E-state index in [1.54, 1.807) is 0 Å². The monoisotopic (exact) mass is 312 g/mol. The first-order chi connectivity index (χ1) is 9.81. The quantitative estimate of drug-likeness (QED) is 0.639. The zero-order valence-corrected chi connectivity index (χ0v) is 12.9. The Hall–Kier alpha value is -1.86. The van der Waals surface area contributed by atoms with Gasteiger partial charge in [0.25, 0.3) is 0 Å². The Labute approximate surface area is 124 Å². The molecule has 0 saturated carbocycles. The topological polar surface area (TPSA) is 95.5 Å². The number of rotatable bonds is 8. The first-order valence-corrected chi connectivity index (χ1v) is 8.04. The van der Waals surface area contributed by atoms with Crippen LogP contribution in [-0.4, -0.2) is 32.1 Å². The van der Waals surface area contributed by atoms with Crippen molar-refractivity contribution in [1.29, 1.82) is 0 Å². The molecule has 0 radical (unpaired) electrons. The number of aromatic carboxylic acids is 1. The van der Waals surface area contributed by atoms with Crippen LogP contribution in [0.25, 0.3) is 0 Å². The fourth-order valence-corrected chi connectivity index (χ4v) is 2.80. The number of anilines is 1. The molecule has 3 N–H and O–H groups in total. The van der Waals surface area contributed by atoms with Gasteiger partial charge in [-0.3, -0.25) is 0 Å². The van der Waals surface area contributed by atoms with E-state index >= 15 is 0 Å². The minimum Gasteiger partial charge on any atom is -0.478 e. The van der Waals surface area contributed by atoms with Crippen molar-refractivity contribution in [2.24, 2.45) is 0 Å². The van der Waals surface area contributed by atoms with Crippen LogP contribution in [0.5, 0.6) is 0 Å². The highest BCUT2D eigenvalue weighted by Crippen LogP contribution is 2.24. The number of nitrogens with one attached hydrogen (secondary N) is 2. The molecule has 6 nitrogen and oxygen atoms in total. The van der Waals surface area contributed by atoms with Crippen molar-refractivity contribution >= 4 is 21.7 Å². The lowest BCUT2D eigenvalue weighted by Gasteiger charge is -2.17. The minimum absolute atomic E-state index is 0.0639. The van der Waals surface area contributed by atoms with Gasteiger partial charge in [-0.25, -0.2) is 17.9 Å². The maximum Gasteiger partial charge on any atom is 0.335 e. The van der Waals surface area contributed by atoms with Gasteiger partial charge in [-0.15, -0.1) is 6.58 Å². The molecule has 1 atom stereocenters. The van der Waals surface area contributed by atoms with Gasteiger partial charge >= 0.3 is 5.97 Å². The number of carbonyl (C=O) groups is 1. The van der Waals surface area contributed by atoms with E-state index in [0.717, 1.165) is 12.5 Å². The van der Waals surface area contributed by atoms with Gasteiger partial charge in [0.1, 0.15) is 4.90 Å². The van der Waals surface area contributed by atoms with E-state index in [1.807, 2.05) is 13.8 Å². The molecule has 0 aliphatic rings. The van der Waals surface area contributed by atoms with Gasteiger partial charge in [-0.05, 0) is 31.5 Å². The van der Waals surface area contributed by atoms with Gasteiger partial charge in [-0.2, -0.15) is 0 Å². The lowest BCUT2D eigenvalue weighted by Crippen LogP contribution is -2.26. The highest BCUT2D eigenvalue weighted by atomic mass is 32.2. The van der Waals surface area contributed by atoms with E-state index in [4.69, 9.17) is 5.11 Å². The van der Waals surface area contributed by atoms with E-state index in [1.165, 1.54) is 18.2 Å². The first kappa shape index (κ1) is 17.2. The van der Waals surface area contributed by atoms with Crippen molar-refractivity contribution in [2.75, 3.05) is 11.9 Å². The van der Waals surface area contributed by atoms with Crippen LogP contribution in [0.2, 0.25) is 0 Å². The van der Waals surface area contributed by atoms with Gasteiger partial charge < -0.3 is 10.4 Å². The summed E-state index contributed by atoms with van der Waals surface area (Å²) >= 11 is 0. The molecular formula is C14H20N2O4S. The summed E-state index contributed by atoms with van der Waals surface area (Å²) in [6.07, 6.45) is 2.22. The minimum atomic E-state index is -3.81. The predicted octanol–water partition coefficient (Wildman–Crippen LogP) is 2.06. The third kappa shape index (κ3) is 4.57. The van der Waals surface area contributed by atoms with Crippen LogP contribution >= 0.6 is 0 Å². The second-order valence-corrected chi connectivity index (χ2v) is 6.35. The second-order valence-electron chi connectivity index (χ2n) is 4.61. The van der Waals surface area contributed by atoms with E-state index in [0.29, 0.717) is 5.69 Å². The Morgan fingerprint density at radius 3 is 2.67 bits per heavy atom. The van der Waals surface area contributed by atoms with Crippen molar-refractivity contribution < 1.29 is 18.3 Å². The summed E-state index contributed by atoms with van der Waals surface area (Å²) in [7, 11) is -3.81. The largest absolute Gasteiger partial charge is 0.478 e. The molecule has 1 rings (SSSR count). The molecule has 0 aliphatic carbocycles. The Balaban J connectivity index is 3.31. The Morgan fingerprint density at radius 2 is 2.14 bits per heavy atom. The molecule has 0 aromatic heterocycles. The Morgan fingerprint density at radius 1 is 1.48 bits per heavy atom. The second kappa shape index (κ2) is 7.24. The molecule has 1 aromatic rings. The molecule has 0 saturated heterocycles. The van der Waals surface area contributed by atoms with E-state index in [-0.39, 0.29) is 23.0 Å². The molecule has 0 aliphatic heterocycles. The number of benzene rings is 1. The zero-order chi connectivity index (χ0) is 16.0. The van der Waals surface area contributed by atoms with Gasteiger partial charge in [0.15, 0.2) is 0 Å². The number of carboxylic acids is 1. The van der Waals surface area contributed by atoms with Crippen molar-refractivity contribution in [3.05, 3.63) is 36.4 Å². The van der Waals surface area contributed by atoms with E-state index in [9.17, 15) is 13.2 Å². The normalized spacial score (nSPS) is 12.7. The molecule has 0 fully saturated rings. The highest BCUT2D eigenvalue weighted by Gasteiger charge is 2.20. The van der Waals surface area contributed by atoms with Crippen LogP contribution in [0, 0.1) is 0 Å². The Bertz CT molecular complexity index is 626. The summed E-state index contributed by atoms with van der Waals surface area (Å²) < 4.78 is 26.9. The number of hydrogen-bond donors (Lipinski definition) is 3. The SMILES string of the molecule is C=CCNS(=O)(=O)c1cc(C(=O)O)ccc1N[C@H](C)CC. The third-order valence-electron chi connectivity index (χ3n) is 2.95. The molecule has 0 amide bonds. The maximum absolute atomic E-state index is 12.3. The van der Waals surface area contributed by atoms with Crippen molar-refractivity contribution in [2.45, 2.75) is 31.2 Å². The number of carboxylic acid groups (broad SMARTS) is 1. The summed E-state index contributed by atoms with van der Waals surface area (Å²) in [5, 5.41) is 12.1. The van der Waals surface area contributed by atoms with Gasteiger partial charge in [0.05, 0.1) is 11.3 Å². The summed E-state index contributed by atoms with van der Waals surface area (Å²) in [5.41, 5.74) is 0.301. The summed E-state index contributed by atoms with van der Waals surface area (Å²) in [6.45, 7) is 7.40. The van der Waals surface area contributed by atoms with E-state index in [2.05, 4.69) is 16.6 Å². The lowest BCUT2D eigenvalue weighted by atomic mass is 10.2. The smallest absolute Gasteiger partial charge is 0.335 e. The molecule has 116 valence electrons. The van der Waals surface area contributed by atoms with Crippen molar-refractivity contribution in [3.63, 3.8) is 0 Å². The van der Waals surface area contributed by atoms with Crippen LogP contribution in [0.3, 0.4) is 0 Å². The zero-order valence-electron chi connectivity index (χ0n) is 12.1. The fourth-order valence-electron chi connectivity index (χ4n) is 1.61. The molecule has 0 spiro atoms. The van der Waals surface area contributed by atoms with Crippen molar-refractivity contribution in [3.8, 4) is 0 Å². The summed E-state index contributed by atoms with van der Waals surface area (Å²) in [5.74, 6) is -1.18. The van der Waals surface area contributed by atoms with Crippen LogP contribution < -0.4 is 10.0 Å². The van der Waals surface area contributed by atoms with Crippen LogP contribution in [-0.2, 0) is 10.0 Å². The maximum atomic E-state index is 12.3. The standard InChI is InChI=1S/C14H20N2O4S/c1-4-8-15-21(19,20)13-9-11(14(17)18)6-7-12(13)16-10(3)5-2/h4,6-7,9-10,15-16H,1,5,8H2,2-3H3,(H,17,18)/t10-/m1/s1.